The molecule has 1 N–H and O–H groups in total. The van der Waals surface area contributed by atoms with Crippen molar-refractivity contribution in [2.45, 2.75) is 59.0 Å². The molecule has 1 fully saturated rings. The highest BCUT2D eigenvalue weighted by Crippen LogP contribution is 2.29. The number of aldehydes is 1. The van der Waals surface area contributed by atoms with Gasteiger partial charge in [-0.25, -0.2) is 0 Å². The summed E-state index contributed by atoms with van der Waals surface area (Å²) in [7, 11) is 2.13. The normalized spacial score (nSPS) is 19.2. The van der Waals surface area contributed by atoms with Crippen molar-refractivity contribution < 1.29 is 9.59 Å². The summed E-state index contributed by atoms with van der Waals surface area (Å²) in [6.45, 7) is 6.97. The van der Waals surface area contributed by atoms with Crippen LogP contribution in [-0.4, -0.2) is 30.2 Å². The molecule has 1 saturated carbocycles. The van der Waals surface area contributed by atoms with Gasteiger partial charge in [-0.1, -0.05) is 24.3 Å². The summed E-state index contributed by atoms with van der Waals surface area (Å²) in [4.78, 5) is 26.4. The lowest BCUT2D eigenvalue weighted by Gasteiger charge is -2.34. The molecule has 0 saturated heterocycles. The molecule has 2 aromatic rings. The van der Waals surface area contributed by atoms with Crippen LogP contribution in [0.3, 0.4) is 0 Å². The van der Waals surface area contributed by atoms with Gasteiger partial charge in [0.05, 0.1) is 0 Å². The van der Waals surface area contributed by atoms with E-state index < -0.39 is 0 Å². The van der Waals surface area contributed by atoms with Gasteiger partial charge in [-0.05, 0) is 87.9 Å². The molecular weight excluding hydrogens is 360 g/mol. The summed E-state index contributed by atoms with van der Waals surface area (Å²) in [5, 5.41) is 3.09. The van der Waals surface area contributed by atoms with E-state index in [0.717, 1.165) is 60.9 Å². The van der Waals surface area contributed by atoms with Gasteiger partial charge in [0.2, 0.25) is 5.91 Å². The molecule has 2 aromatic carbocycles. The lowest BCUT2D eigenvalue weighted by molar-refractivity contribution is -0.121. The molecule has 154 valence electrons. The van der Waals surface area contributed by atoms with Crippen LogP contribution in [0.15, 0.2) is 36.4 Å². The fourth-order valence-electron chi connectivity index (χ4n) is 4.27. The Morgan fingerprint density at radius 1 is 1.03 bits per heavy atom. The second-order valence-corrected chi connectivity index (χ2v) is 8.47. The van der Waals surface area contributed by atoms with Crippen molar-refractivity contribution in [2.24, 2.45) is 5.92 Å². The van der Waals surface area contributed by atoms with E-state index in [1.165, 1.54) is 11.1 Å². The average Bonchev–Trinajstić information content (AvgIpc) is 2.72. The number of nitrogens with zero attached hydrogens (tertiary/aromatic N) is 1. The maximum atomic E-state index is 12.7. The first-order valence-corrected chi connectivity index (χ1v) is 10.5. The van der Waals surface area contributed by atoms with Crippen molar-refractivity contribution in [1.82, 2.24) is 4.90 Å². The van der Waals surface area contributed by atoms with Gasteiger partial charge in [0, 0.05) is 29.8 Å². The molecule has 1 amide bonds. The summed E-state index contributed by atoms with van der Waals surface area (Å²) in [5.74, 6) is 0.210. The number of hydrogen-bond donors (Lipinski definition) is 1. The molecule has 0 spiro atoms. The van der Waals surface area contributed by atoms with Crippen molar-refractivity contribution in [2.75, 3.05) is 12.4 Å². The van der Waals surface area contributed by atoms with Crippen LogP contribution in [0, 0.1) is 26.7 Å². The van der Waals surface area contributed by atoms with Gasteiger partial charge in [-0.2, -0.15) is 0 Å². The third-order valence-electron chi connectivity index (χ3n) is 6.45. The minimum absolute atomic E-state index is 0.0743. The van der Waals surface area contributed by atoms with E-state index in [-0.39, 0.29) is 11.8 Å². The van der Waals surface area contributed by atoms with E-state index in [2.05, 4.69) is 50.2 Å². The second-order valence-electron chi connectivity index (χ2n) is 8.47. The molecule has 0 heterocycles. The van der Waals surface area contributed by atoms with Gasteiger partial charge < -0.3 is 5.32 Å². The zero-order valence-corrected chi connectivity index (χ0v) is 18.0. The maximum absolute atomic E-state index is 12.7. The summed E-state index contributed by atoms with van der Waals surface area (Å²) in [6, 6.07) is 12.4. The van der Waals surface area contributed by atoms with Gasteiger partial charge in [0.1, 0.15) is 6.29 Å². The number of aryl methyl sites for hydroxylation is 3. The van der Waals surface area contributed by atoms with Gasteiger partial charge in [0.25, 0.3) is 0 Å². The van der Waals surface area contributed by atoms with Crippen LogP contribution in [-0.2, 0) is 11.3 Å². The number of rotatable bonds is 6. The number of amides is 1. The van der Waals surface area contributed by atoms with Crippen LogP contribution < -0.4 is 5.32 Å². The number of anilines is 1. The Kier molecular flexibility index (Phi) is 6.86. The molecular formula is C25H32N2O2. The third-order valence-corrected chi connectivity index (χ3v) is 6.45. The van der Waals surface area contributed by atoms with E-state index in [4.69, 9.17) is 0 Å². The molecule has 3 rings (SSSR count). The number of benzene rings is 2. The van der Waals surface area contributed by atoms with E-state index in [1.54, 1.807) is 0 Å². The number of carbonyl (C=O) groups excluding carboxylic acids is 2. The first-order chi connectivity index (χ1) is 13.9. The first kappa shape index (κ1) is 21.3. The number of nitrogens with one attached hydrogen (secondary N) is 1. The molecule has 0 radical (unpaired) electrons. The van der Waals surface area contributed by atoms with Crippen LogP contribution in [0.1, 0.15) is 58.3 Å². The van der Waals surface area contributed by atoms with Crippen molar-refractivity contribution in [1.29, 1.82) is 0 Å². The minimum Gasteiger partial charge on any atom is -0.326 e. The Labute approximate surface area is 174 Å². The number of hydrogen-bond acceptors (Lipinski definition) is 3. The van der Waals surface area contributed by atoms with Crippen molar-refractivity contribution in [3.63, 3.8) is 0 Å². The van der Waals surface area contributed by atoms with Gasteiger partial charge in [0.15, 0.2) is 0 Å². The van der Waals surface area contributed by atoms with Gasteiger partial charge in [-0.3, -0.25) is 14.5 Å². The smallest absolute Gasteiger partial charge is 0.227 e. The Morgan fingerprint density at radius 3 is 2.41 bits per heavy atom. The molecule has 0 aliphatic heterocycles. The predicted octanol–water partition coefficient (Wildman–Crippen LogP) is 5.05. The second kappa shape index (κ2) is 9.36. The monoisotopic (exact) mass is 392 g/mol. The molecule has 0 atom stereocenters. The Morgan fingerprint density at radius 2 is 1.76 bits per heavy atom. The van der Waals surface area contributed by atoms with Crippen LogP contribution in [0.2, 0.25) is 0 Å². The van der Waals surface area contributed by atoms with Crippen molar-refractivity contribution in [3.8, 4) is 0 Å². The summed E-state index contributed by atoms with van der Waals surface area (Å²) in [5.41, 5.74) is 6.36. The average molecular weight is 393 g/mol. The lowest BCUT2D eigenvalue weighted by Crippen LogP contribution is -2.37. The number of carbonyl (C=O) groups is 2. The Balaban J connectivity index is 1.55. The van der Waals surface area contributed by atoms with Crippen LogP contribution in [0.5, 0.6) is 0 Å². The highest BCUT2D eigenvalue weighted by atomic mass is 16.1. The topological polar surface area (TPSA) is 49.4 Å². The summed E-state index contributed by atoms with van der Waals surface area (Å²) < 4.78 is 0. The zero-order chi connectivity index (χ0) is 21.0. The standard InChI is InChI=1S/C25H32N2O2/c1-17-8-11-22(14-19(17)3)26-25(29)20-9-12-23(13-10-20)27(4)15-24-18(2)6-5-7-21(24)16-28/h5-8,11,14,16,20,23H,9-10,12-13,15H2,1-4H3,(H,26,29). The Hall–Kier alpha value is -2.46. The minimum atomic E-state index is 0.0743. The lowest BCUT2D eigenvalue weighted by atomic mass is 9.84. The van der Waals surface area contributed by atoms with E-state index in [0.29, 0.717) is 6.04 Å². The molecule has 1 aliphatic carbocycles. The highest BCUT2D eigenvalue weighted by Gasteiger charge is 2.28. The van der Waals surface area contributed by atoms with Crippen molar-refractivity contribution >= 4 is 17.9 Å². The fourth-order valence-corrected chi connectivity index (χ4v) is 4.27. The fraction of sp³-hybridized carbons (Fsp3) is 0.440. The third kappa shape index (κ3) is 5.13. The summed E-state index contributed by atoms with van der Waals surface area (Å²) >= 11 is 0. The largest absolute Gasteiger partial charge is 0.326 e. The molecule has 0 unspecified atom stereocenters. The van der Waals surface area contributed by atoms with Crippen LogP contribution >= 0.6 is 0 Å². The van der Waals surface area contributed by atoms with Crippen LogP contribution in [0.4, 0.5) is 5.69 Å². The van der Waals surface area contributed by atoms with Gasteiger partial charge >= 0.3 is 0 Å². The van der Waals surface area contributed by atoms with Gasteiger partial charge in [-0.15, -0.1) is 0 Å². The molecule has 0 aromatic heterocycles. The van der Waals surface area contributed by atoms with Crippen molar-refractivity contribution in [3.05, 3.63) is 64.2 Å². The molecule has 0 bridgehead atoms. The Bertz CT molecular complexity index is 882. The first-order valence-electron chi connectivity index (χ1n) is 10.5. The molecule has 29 heavy (non-hydrogen) atoms. The van der Waals surface area contributed by atoms with Crippen LogP contribution in [0.25, 0.3) is 0 Å². The van der Waals surface area contributed by atoms with E-state index in [1.807, 2.05) is 24.3 Å². The SMILES string of the molecule is Cc1ccc(NC(=O)C2CCC(N(C)Cc3c(C)cccc3C=O)CC2)cc1C. The summed E-state index contributed by atoms with van der Waals surface area (Å²) in [6.07, 6.45) is 4.76. The predicted molar refractivity (Wildman–Crippen MR) is 118 cm³/mol. The quantitative estimate of drug-likeness (QED) is 0.700. The van der Waals surface area contributed by atoms with E-state index >= 15 is 0 Å². The molecule has 1 aliphatic rings. The highest BCUT2D eigenvalue weighted by molar-refractivity contribution is 5.92. The molecule has 4 nitrogen and oxygen atoms in total. The maximum Gasteiger partial charge on any atom is 0.227 e. The van der Waals surface area contributed by atoms with E-state index in [9.17, 15) is 9.59 Å². The zero-order valence-electron chi connectivity index (χ0n) is 18.0. The molecule has 4 heteroatoms.